The summed E-state index contributed by atoms with van der Waals surface area (Å²) in [6.45, 7) is 1.22. The highest BCUT2D eigenvalue weighted by Crippen LogP contribution is 2.45. The smallest absolute Gasteiger partial charge is 0.295 e. The number of carbonyl (C=O) groups excluding carboxylic acids is 2. The number of Topliss-reactive ketones (excluding diaryl/α,β-unsaturated/α-hetero) is 1. The van der Waals surface area contributed by atoms with Gasteiger partial charge in [0.1, 0.15) is 18.1 Å². The number of para-hydroxylation sites is 1. The van der Waals surface area contributed by atoms with Gasteiger partial charge in [-0.05, 0) is 50.0 Å². The molecule has 1 fully saturated rings. The highest BCUT2D eigenvalue weighted by atomic mass is 16.5. The topological polar surface area (TPSA) is 88.5 Å². The zero-order valence-corrected chi connectivity index (χ0v) is 22.0. The lowest BCUT2D eigenvalue weighted by Crippen LogP contribution is -2.35. The van der Waals surface area contributed by atoms with E-state index in [1.807, 2.05) is 49.3 Å². The second-order valence-corrected chi connectivity index (χ2v) is 9.18. The van der Waals surface area contributed by atoms with Crippen molar-refractivity contribution in [1.29, 1.82) is 0 Å². The van der Waals surface area contributed by atoms with Crippen LogP contribution in [-0.2, 0) is 16.2 Å². The van der Waals surface area contributed by atoms with E-state index < -0.39 is 17.7 Å². The quantitative estimate of drug-likeness (QED) is 0.245. The Bertz CT molecular complexity index is 1320. The van der Waals surface area contributed by atoms with E-state index in [0.717, 1.165) is 5.56 Å². The van der Waals surface area contributed by atoms with Crippen molar-refractivity contribution in [1.82, 2.24) is 9.80 Å². The second kappa shape index (κ2) is 11.8. The molecule has 0 spiro atoms. The Morgan fingerprint density at radius 3 is 2.26 bits per heavy atom. The molecule has 1 aliphatic heterocycles. The van der Waals surface area contributed by atoms with Crippen molar-refractivity contribution < 1.29 is 28.9 Å². The summed E-state index contributed by atoms with van der Waals surface area (Å²) in [5.74, 6) is -0.218. The van der Waals surface area contributed by atoms with Gasteiger partial charge in [0, 0.05) is 24.2 Å². The standard InChI is InChI=1S/C30H32N2O6/c1-31(2)17-18-32-26(23-11-8-12-24(36-3)29(23)37-4)25(28(34)30(32)35)27(33)21-13-15-22(16-14-21)38-19-20-9-6-5-7-10-20/h5-16,26,33H,17-19H2,1-4H3/b27-25+. The average Bonchev–Trinajstić information content (AvgIpc) is 3.19. The monoisotopic (exact) mass is 516 g/mol. The zero-order valence-electron chi connectivity index (χ0n) is 22.0. The van der Waals surface area contributed by atoms with Crippen LogP contribution in [-0.4, -0.2) is 68.0 Å². The molecular formula is C30H32N2O6. The first-order chi connectivity index (χ1) is 18.3. The summed E-state index contributed by atoms with van der Waals surface area (Å²) in [6.07, 6.45) is 0. The van der Waals surface area contributed by atoms with Gasteiger partial charge < -0.3 is 29.1 Å². The molecule has 1 aliphatic rings. The number of hydrogen-bond acceptors (Lipinski definition) is 7. The highest BCUT2D eigenvalue weighted by molar-refractivity contribution is 6.46. The number of benzene rings is 3. The van der Waals surface area contributed by atoms with Gasteiger partial charge in [-0.1, -0.05) is 42.5 Å². The summed E-state index contributed by atoms with van der Waals surface area (Å²) in [4.78, 5) is 29.9. The van der Waals surface area contributed by atoms with Gasteiger partial charge in [-0.25, -0.2) is 0 Å². The van der Waals surface area contributed by atoms with Gasteiger partial charge in [0.2, 0.25) is 0 Å². The Morgan fingerprint density at radius 1 is 0.921 bits per heavy atom. The van der Waals surface area contributed by atoms with Crippen molar-refractivity contribution in [3.8, 4) is 17.2 Å². The molecule has 1 unspecified atom stereocenters. The van der Waals surface area contributed by atoms with Crippen LogP contribution >= 0.6 is 0 Å². The van der Waals surface area contributed by atoms with Gasteiger partial charge >= 0.3 is 0 Å². The SMILES string of the molecule is COc1cccc(C2/C(=C(\O)c3ccc(OCc4ccccc4)cc3)C(=O)C(=O)N2CCN(C)C)c1OC. The van der Waals surface area contributed by atoms with Crippen molar-refractivity contribution >= 4 is 17.4 Å². The fraction of sp³-hybridized carbons (Fsp3) is 0.267. The van der Waals surface area contributed by atoms with Gasteiger partial charge in [-0.3, -0.25) is 9.59 Å². The lowest BCUT2D eigenvalue weighted by molar-refractivity contribution is -0.140. The maximum atomic E-state index is 13.3. The summed E-state index contributed by atoms with van der Waals surface area (Å²) in [5, 5.41) is 11.4. The van der Waals surface area contributed by atoms with Crippen LogP contribution in [0.25, 0.3) is 5.76 Å². The van der Waals surface area contributed by atoms with Gasteiger partial charge in [0.15, 0.2) is 11.5 Å². The van der Waals surface area contributed by atoms with Gasteiger partial charge in [-0.2, -0.15) is 0 Å². The zero-order chi connectivity index (χ0) is 27.2. The fourth-order valence-corrected chi connectivity index (χ4v) is 4.47. The van der Waals surface area contributed by atoms with Crippen LogP contribution in [0.15, 0.2) is 78.4 Å². The molecule has 3 aromatic carbocycles. The number of hydrogen-bond donors (Lipinski definition) is 1. The van der Waals surface area contributed by atoms with E-state index in [9.17, 15) is 14.7 Å². The summed E-state index contributed by atoms with van der Waals surface area (Å²) in [6, 6.07) is 21.0. The summed E-state index contributed by atoms with van der Waals surface area (Å²) >= 11 is 0. The molecule has 0 aliphatic carbocycles. The first kappa shape index (κ1) is 26.8. The van der Waals surface area contributed by atoms with E-state index in [-0.39, 0.29) is 17.9 Å². The fourth-order valence-electron chi connectivity index (χ4n) is 4.47. The van der Waals surface area contributed by atoms with Crippen molar-refractivity contribution in [2.75, 3.05) is 41.4 Å². The summed E-state index contributed by atoms with van der Waals surface area (Å²) < 4.78 is 16.9. The number of carbonyl (C=O) groups is 2. The van der Waals surface area contributed by atoms with Crippen LogP contribution in [0.4, 0.5) is 0 Å². The number of aliphatic hydroxyl groups excluding tert-OH is 1. The first-order valence-corrected chi connectivity index (χ1v) is 12.3. The lowest BCUT2D eigenvalue weighted by Gasteiger charge is -2.28. The molecule has 0 saturated carbocycles. The third-order valence-corrected chi connectivity index (χ3v) is 6.43. The molecule has 198 valence electrons. The van der Waals surface area contributed by atoms with Crippen molar-refractivity contribution in [3.63, 3.8) is 0 Å². The molecule has 1 N–H and O–H groups in total. The van der Waals surface area contributed by atoms with Crippen LogP contribution in [0.5, 0.6) is 17.2 Å². The Morgan fingerprint density at radius 2 is 1.63 bits per heavy atom. The molecule has 0 aromatic heterocycles. The molecular weight excluding hydrogens is 484 g/mol. The Hall–Kier alpha value is -4.30. The van der Waals surface area contributed by atoms with E-state index in [1.165, 1.54) is 19.1 Å². The maximum absolute atomic E-state index is 13.3. The molecule has 1 amide bonds. The Labute approximate surface area is 222 Å². The van der Waals surface area contributed by atoms with E-state index in [2.05, 4.69) is 0 Å². The molecule has 1 atom stereocenters. The van der Waals surface area contributed by atoms with Crippen LogP contribution < -0.4 is 14.2 Å². The van der Waals surface area contributed by atoms with Crippen LogP contribution in [0.3, 0.4) is 0 Å². The number of likely N-dealkylation sites (N-methyl/N-ethyl adjacent to an activating group) is 1. The molecule has 8 nitrogen and oxygen atoms in total. The number of nitrogens with zero attached hydrogens (tertiary/aromatic N) is 2. The molecule has 38 heavy (non-hydrogen) atoms. The summed E-state index contributed by atoms with van der Waals surface area (Å²) in [5.41, 5.74) is 1.98. The van der Waals surface area contributed by atoms with E-state index in [4.69, 9.17) is 14.2 Å². The normalized spacial score (nSPS) is 16.7. The van der Waals surface area contributed by atoms with Crippen LogP contribution in [0.2, 0.25) is 0 Å². The van der Waals surface area contributed by atoms with E-state index in [1.54, 1.807) is 42.5 Å². The molecule has 3 aromatic rings. The van der Waals surface area contributed by atoms with Crippen molar-refractivity contribution in [2.24, 2.45) is 0 Å². The Balaban J connectivity index is 1.73. The minimum absolute atomic E-state index is 0.00161. The number of methoxy groups -OCH3 is 2. The number of aliphatic hydroxyl groups is 1. The number of ether oxygens (including phenoxy) is 3. The van der Waals surface area contributed by atoms with Crippen molar-refractivity contribution in [3.05, 3.63) is 95.1 Å². The molecule has 8 heteroatoms. The summed E-state index contributed by atoms with van der Waals surface area (Å²) in [7, 11) is 6.80. The number of amides is 1. The molecule has 0 bridgehead atoms. The molecule has 1 heterocycles. The minimum atomic E-state index is -0.853. The van der Waals surface area contributed by atoms with E-state index >= 15 is 0 Å². The lowest BCUT2D eigenvalue weighted by atomic mass is 9.94. The van der Waals surface area contributed by atoms with Gasteiger partial charge in [0.25, 0.3) is 11.7 Å². The van der Waals surface area contributed by atoms with Gasteiger partial charge in [0.05, 0.1) is 25.8 Å². The van der Waals surface area contributed by atoms with Crippen LogP contribution in [0.1, 0.15) is 22.7 Å². The number of rotatable bonds is 10. The largest absolute Gasteiger partial charge is 0.507 e. The van der Waals surface area contributed by atoms with Crippen LogP contribution in [0, 0.1) is 0 Å². The molecule has 4 rings (SSSR count). The molecule has 0 radical (unpaired) electrons. The second-order valence-electron chi connectivity index (χ2n) is 9.18. The van der Waals surface area contributed by atoms with Crippen molar-refractivity contribution in [2.45, 2.75) is 12.6 Å². The maximum Gasteiger partial charge on any atom is 0.295 e. The predicted octanol–water partition coefficient (Wildman–Crippen LogP) is 4.27. The highest BCUT2D eigenvalue weighted by Gasteiger charge is 2.47. The molecule has 1 saturated heterocycles. The van der Waals surface area contributed by atoms with Gasteiger partial charge in [-0.15, -0.1) is 0 Å². The number of ketones is 1. The average molecular weight is 517 g/mol. The number of likely N-dealkylation sites (tertiary alicyclic amines) is 1. The first-order valence-electron chi connectivity index (χ1n) is 12.3. The van der Waals surface area contributed by atoms with E-state index in [0.29, 0.717) is 41.5 Å². The minimum Gasteiger partial charge on any atom is -0.507 e. The Kier molecular flexibility index (Phi) is 8.33. The third-order valence-electron chi connectivity index (χ3n) is 6.43. The third kappa shape index (κ3) is 5.50. The predicted molar refractivity (Wildman–Crippen MR) is 144 cm³/mol.